The quantitative estimate of drug-likeness (QED) is 0.449. The molecule has 0 saturated heterocycles. The van der Waals surface area contributed by atoms with Crippen LogP contribution in [0.15, 0.2) is 17.3 Å². The summed E-state index contributed by atoms with van der Waals surface area (Å²) in [5, 5.41) is 1.90. The van der Waals surface area contributed by atoms with E-state index in [0.29, 0.717) is 0 Å². The third kappa shape index (κ3) is 1.48. The number of nitrogens with one attached hydrogen (secondary N) is 1. The van der Waals surface area contributed by atoms with Gasteiger partial charge >= 0.3 is 6.18 Å². The first kappa shape index (κ1) is 8.39. The third-order valence-corrected chi connectivity index (χ3v) is 1.60. The lowest BCUT2D eigenvalue weighted by molar-refractivity contribution is -0.153. The van der Waals surface area contributed by atoms with E-state index >= 15 is 0 Å². The molecule has 0 saturated carbocycles. The smallest absolute Gasteiger partial charge is 0.347 e. The Kier molecular flexibility index (Phi) is 1.83. The monoisotopic (exact) mass is 184 g/mol. The Bertz CT molecular complexity index is 210. The molecule has 1 unspecified atom stereocenters. The molecule has 0 amide bonds. The predicted octanol–water partition coefficient (Wildman–Crippen LogP) is 1.63. The van der Waals surface area contributed by atoms with Crippen LogP contribution in [0.25, 0.3) is 0 Å². The van der Waals surface area contributed by atoms with E-state index < -0.39 is 11.2 Å². The summed E-state index contributed by atoms with van der Waals surface area (Å²) in [6.07, 6.45) is -1.87. The van der Waals surface area contributed by atoms with Gasteiger partial charge in [0.05, 0.1) is 6.34 Å². The van der Waals surface area contributed by atoms with E-state index in [9.17, 15) is 13.2 Å². The maximum absolute atomic E-state index is 12.0. The lowest BCUT2D eigenvalue weighted by Crippen LogP contribution is -2.51. The molecule has 11 heavy (non-hydrogen) atoms. The SMILES string of the molecule is FC(F)(F)C1(Cl)C=CN=CN1. The number of hydrogen-bond donors (Lipinski definition) is 1. The highest BCUT2D eigenvalue weighted by atomic mass is 35.5. The first-order valence-electron chi connectivity index (χ1n) is 2.68. The lowest BCUT2D eigenvalue weighted by Gasteiger charge is -2.27. The molecule has 62 valence electrons. The molecule has 2 nitrogen and oxygen atoms in total. The second kappa shape index (κ2) is 2.41. The van der Waals surface area contributed by atoms with Crippen molar-refractivity contribution in [3.63, 3.8) is 0 Å². The van der Waals surface area contributed by atoms with E-state index in [1.54, 1.807) is 0 Å². The van der Waals surface area contributed by atoms with Crippen LogP contribution in [0.3, 0.4) is 0 Å². The van der Waals surface area contributed by atoms with Gasteiger partial charge in [-0.05, 0) is 6.08 Å². The number of alkyl halides is 4. The first-order chi connectivity index (χ1) is 4.96. The minimum absolute atomic E-state index is 0.745. The number of hydrogen-bond acceptors (Lipinski definition) is 2. The van der Waals surface area contributed by atoms with Gasteiger partial charge in [0.1, 0.15) is 0 Å². The van der Waals surface area contributed by atoms with E-state index in [1.165, 1.54) is 0 Å². The van der Waals surface area contributed by atoms with Crippen LogP contribution in [-0.4, -0.2) is 17.5 Å². The summed E-state index contributed by atoms with van der Waals surface area (Å²) < 4.78 is 36.1. The number of rotatable bonds is 0. The Morgan fingerprint density at radius 3 is 2.36 bits per heavy atom. The Labute approximate surface area is 65.7 Å². The van der Waals surface area contributed by atoms with Crippen molar-refractivity contribution in [1.82, 2.24) is 5.32 Å². The highest BCUT2D eigenvalue weighted by molar-refractivity contribution is 6.26. The average molecular weight is 185 g/mol. The second-order valence-electron chi connectivity index (χ2n) is 1.95. The van der Waals surface area contributed by atoms with Crippen LogP contribution < -0.4 is 5.32 Å². The molecule has 0 bridgehead atoms. The largest absolute Gasteiger partial charge is 0.429 e. The summed E-state index contributed by atoms with van der Waals surface area (Å²) in [5.74, 6) is 0. The van der Waals surface area contributed by atoms with Gasteiger partial charge in [-0.2, -0.15) is 13.2 Å². The molecule has 0 aromatic heterocycles. The molecule has 1 rings (SSSR count). The molecule has 0 fully saturated rings. The summed E-state index contributed by atoms with van der Waals surface area (Å²) in [5.41, 5.74) is 0. The van der Waals surface area contributed by atoms with Crippen LogP contribution in [0.1, 0.15) is 0 Å². The molecule has 1 N–H and O–H groups in total. The Balaban J connectivity index is 2.84. The van der Waals surface area contributed by atoms with Crippen molar-refractivity contribution in [2.45, 2.75) is 11.2 Å². The minimum Gasteiger partial charge on any atom is -0.347 e. The van der Waals surface area contributed by atoms with E-state index in [0.717, 1.165) is 18.6 Å². The van der Waals surface area contributed by atoms with Gasteiger partial charge in [-0.3, -0.25) is 0 Å². The van der Waals surface area contributed by atoms with Crippen LogP contribution in [0, 0.1) is 0 Å². The van der Waals surface area contributed by atoms with Crippen molar-refractivity contribution in [1.29, 1.82) is 0 Å². The summed E-state index contributed by atoms with van der Waals surface area (Å²) in [6.45, 7) is 0. The Hall–Kier alpha value is -0.710. The number of halogens is 4. The fourth-order valence-corrected chi connectivity index (χ4v) is 0.650. The molecule has 1 aliphatic rings. The molecule has 1 heterocycles. The molecular formula is C5H4ClF3N2. The zero-order chi connectivity index (χ0) is 8.54. The normalized spacial score (nSPS) is 30.2. The van der Waals surface area contributed by atoms with Gasteiger partial charge in [0.25, 0.3) is 0 Å². The molecule has 0 radical (unpaired) electrons. The summed E-state index contributed by atoms with van der Waals surface area (Å²) in [6, 6.07) is 0. The van der Waals surface area contributed by atoms with Crippen molar-refractivity contribution in [2.24, 2.45) is 4.99 Å². The van der Waals surface area contributed by atoms with Gasteiger partial charge in [-0.1, -0.05) is 11.6 Å². The van der Waals surface area contributed by atoms with Gasteiger partial charge in [-0.25, -0.2) is 4.99 Å². The van der Waals surface area contributed by atoms with E-state index in [2.05, 4.69) is 4.99 Å². The Morgan fingerprint density at radius 1 is 1.45 bits per heavy atom. The van der Waals surface area contributed by atoms with Crippen molar-refractivity contribution in [3.05, 3.63) is 12.3 Å². The highest BCUT2D eigenvalue weighted by Gasteiger charge is 2.52. The van der Waals surface area contributed by atoms with Gasteiger partial charge in [0.15, 0.2) is 0 Å². The molecule has 1 atom stereocenters. The second-order valence-corrected chi connectivity index (χ2v) is 2.54. The summed E-state index contributed by atoms with van der Waals surface area (Å²) >= 11 is 5.14. The van der Waals surface area contributed by atoms with Gasteiger partial charge in [-0.15, -0.1) is 0 Å². The van der Waals surface area contributed by atoms with Crippen molar-refractivity contribution < 1.29 is 13.2 Å². The average Bonchev–Trinajstić information content (AvgIpc) is 1.87. The minimum atomic E-state index is -4.52. The maximum Gasteiger partial charge on any atom is 0.429 e. The zero-order valence-electron chi connectivity index (χ0n) is 5.19. The fourth-order valence-electron chi connectivity index (χ4n) is 0.544. The molecule has 0 aromatic rings. The topological polar surface area (TPSA) is 24.4 Å². The number of nitrogens with zero attached hydrogens (tertiary/aromatic N) is 1. The molecule has 0 spiro atoms. The van der Waals surface area contributed by atoms with Crippen molar-refractivity contribution in [2.75, 3.05) is 0 Å². The van der Waals surface area contributed by atoms with Crippen molar-refractivity contribution in [3.8, 4) is 0 Å². The molecule has 1 aliphatic heterocycles. The van der Waals surface area contributed by atoms with Crippen LogP contribution >= 0.6 is 11.6 Å². The van der Waals surface area contributed by atoms with Gasteiger partial charge in [0.2, 0.25) is 5.00 Å². The van der Waals surface area contributed by atoms with E-state index in [1.807, 2.05) is 5.32 Å². The maximum atomic E-state index is 12.0. The van der Waals surface area contributed by atoms with E-state index in [4.69, 9.17) is 11.6 Å². The zero-order valence-corrected chi connectivity index (χ0v) is 5.95. The fraction of sp³-hybridized carbons (Fsp3) is 0.400. The first-order valence-corrected chi connectivity index (χ1v) is 3.06. The van der Waals surface area contributed by atoms with Gasteiger partial charge < -0.3 is 5.32 Å². The van der Waals surface area contributed by atoms with Crippen LogP contribution in [0.2, 0.25) is 0 Å². The molecular weight excluding hydrogens is 181 g/mol. The molecule has 0 aromatic carbocycles. The van der Waals surface area contributed by atoms with Gasteiger partial charge in [0, 0.05) is 6.20 Å². The van der Waals surface area contributed by atoms with Crippen LogP contribution in [0.4, 0.5) is 13.2 Å². The predicted molar refractivity (Wildman–Crippen MR) is 35.4 cm³/mol. The molecule has 6 heteroatoms. The van der Waals surface area contributed by atoms with Crippen molar-refractivity contribution >= 4 is 17.9 Å². The van der Waals surface area contributed by atoms with Crippen LogP contribution in [0.5, 0.6) is 0 Å². The summed E-state index contributed by atoms with van der Waals surface area (Å²) in [4.78, 5) is 0.894. The Morgan fingerprint density at radius 2 is 2.09 bits per heavy atom. The van der Waals surface area contributed by atoms with Crippen LogP contribution in [-0.2, 0) is 0 Å². The summed E-state index contributed by atoms with van der Waals surface area (Å²) in [7, 11) is 0. The van der Waals surface area contributed by atoms with E-state index in [-0.39, 0.29) is 0 Å². The number of aliphatic imine (C=N–C) groups is 1. The lowest BCUT2D eigenvalue weighted by atomic mass is 10.2. The highest BCUT2D eigenvalue weighted by Crippen LogP contribution is 2.35. The molecule has 0 aliphatic carbocycles. The third-order valence-electron chi connectivity index (χ3n) is 1.15. The standard InChI is InChI=1S/C5H4ClF3N2/c6-4(5(7,8)9)1-2-10-3-11-4/h1-3H,(H,10,11).